The molecule has 0 bridgehead atoms. The zero-order valence-electron chi connectivity index (χ0n) is 17.4. The molecule has 0 atom stereocenters. The van der Waals surface area contributed by atoms with E-state index in [1.807, 2.05) is 24.3 Å². The van der Waals surface area contributed by atoms with Crippen molar-refractivity contribution in [2.75, 3.05) is 0 Å². The first-order valence-electron chi connectivity index (χ1n) is 10.0. The molecule has 5 rings (SSSR count). The Morgan fingerprint density at radius 3 is 1.48 bits per heavy atom. The molecule has 3 heterocycles. The van der Waals surface area contributed by atoms with Crippen molar-refractivity contribution in [1.29, 1.82) is 0 Å². The largest absolute Gasteiger partial charge is 0.301 e. The molecule has 7 heteroatoms. The molecule has 0 saturated carbocycles. The Kier molecular flexibility index (Phi) is 7.01. The van der Waals surface area contributed by atoms with Crippen molar-refractivity contribution in [1.82, 2.24) is 26.4 Å². The molecule has 0 amide bonds. The summed E-state index contributed by atoms with van der Waals surface area (Å²) in [4.78, 5) is 7.88. The second-order valence-electron chi connectivity index (χ2n) is 6.86. The van der Waals surface area contributed by atoms with Crippen molar-refractivity contribution >= 4 is 11.4 Å². The molecule has 33 heavy (non-hydrogen) atoms. The molecular weight excluding hydrogens is 420 g/mol. The van der Waals surface area contributed by atoms with Crippen molar-refractivity contribution in [3.63, 3.8) is 0 Å². The van der Waals surface area contributed by atoms with E-state index in [1.54, 1.807) is 49.1 Å². The van der Waals surface area contributed by atoms with Gasteiger partial charge in [0.15, 0.2) is 0 Å². The number of nitrogens with zero attached hydrogens (tertiary/aromatic N) is 2. The standard InChI is InChI=1S/C13H11FN4.C13H8FN/c14-11-3-1-9(2-4-11)12-13(17-18-16-12)10-5-7-15-8-6-10;14-13-5-3-11(4-6-13)1-2-12-7-9-15-10-8-12/h1-8,16-18H;3-10H. The van der Waals surface area contributed by atoms with Crippen LogP contribution >= 0.6 is 0 Å². The Labute approximate surface area is 190 Å². The Morgan fingerprint density at radius 1 is 0.515 bits per heavy atom. The van der Waals surface area contributed by atoms with E-state index in [0.717, 1.165) is 33.6 Å². The van der Waals surface area contributed by atoms with Crippen LogP contribution in [-0.4, -0.2) is 9.97 Å². The lowest BCUT2D eigenvalue weighted by Crippen LogP contribution is -2.32. The average Bonchev–Trinajstić information content (AvgIpc) is 3.36. The summed E-state index contributed by atoms with van der Waals surface area (Å²) in [6, 6.07) is 19.9. The summed E-state index contributed by atoms with van der Waals surface area (Å²) < 4.78 is 25.5. The molecule has 5 nitrogen and oxygen atoms in total. The van der Waals surface area contributed by atoms with Crippen LogP contribution in [0.25, 0.3) is 11.4 Å². The molecule has 3 N–H and O–H groups in total. The van der Waals surface area contributed by atoms with E-state index in [1.165, 1.54) is 24.3 Å². The first-order chi connectivity index (χ1) is 16.2. The van der Waals surface area contributed by atoms with Gasteiger partial charge in [0.1, 0.15) is 11.6 Å². The van der Waals surface area contributed by atoms with Crippen LogP contribution in [0, 0.1) is 23.5 Å². The van der Waals surface area contributed by atoms with E-state index < -0.39 is 0 Å². The van der Waals surface area contributed by atoms with Gasteiger partial charge < -0.3 is 10.9 Å². The number of hydrogen-bond acceptors (Lipinski definition) is 5. The Bertz CT molecular complexity index is 1280. The summed E-state index contributed by atoms with van der Waals surface area (Å²) in [7, 11) is 0. The molecule has 0 spiro atoms. The monoisotopic (exact) mass is 439 g/mol. The number of hydrogen-bond donors (Lipinski definition) is 3. The van der Waals surface area contributed by atoms with E-state index >= 15 is 0 Å². The van der Waals surface area contributed by atoms with Gasteiger partial charge in [0.25, 0.3) is 0 Å². The minimum atomic E-state index is -0.247. The van der Waals surface area contributed by atoms with E-state index in [-0.39, 0.29) is 11.6 Å². The molecule has 0 unspecified atom stereocenters. The average molecular weight is 439 g/mol. The predicted molar refractivity (Wildman–Crippen MR) is 123 cm³/mol. The van der Waals surface area contributed by atoms with Gasteiger partial charge in [-0.15, -0.1) is 5.53 Å². The smallest absolute Gasteiger partial charge is 0.123 e. The maximum absolute atomic E-state index is 12.9. The zero-order valence-corrected chi connectivity index (χ0v) is 17.4. The first kappa shape index (κ1) is 21.7. The number of pyridine rings is 2. The van der Waals surface area contributed by atoms with E-state index in [4.69, 9.17) is 0 Å². The third-order valence-electron chi connectivity index (χ3n) is 4.60. The van der Waals surface area contributed by atoms with Crippen molar-refractivity contribution in [2.24, 2.45) is 0 Å². The van der Waals surface area contributed by atoms with Crippen LogP contribution in [-0.2, 0) is 0 Å². The molecule has 0 saturated heterocycles. The second kappa shape index (κ2) is 10.7. The van der Waals surface area contributed by atoms with Gasteiger partial charge in [-0.3, -0.25) is 9.97 Å². The van der Waals surface area contributed by atoms with Gasteiger partial charge >= 0.3 is 0 Å². The number of aromatic nitrogens is 2. The van der Waals surface area contributed by atoms with Crippen LogP contribution in [0.15, 0.2) is 97.6 Å². The van der Waals surface area contributed by atoms with Crippen LogP contribution in [0.5, 0.6) is 0 Å². The fraction of sp³-hybridized carbons (Fsp3) is 0. The van der Waals surface area contributed by atoms with Crippen LogP contribution in [0.2, 0.25) is 0 Å². The summed E-state index contributed by atoms with van der Waals surface area (Å²) in [6.07, 6.45) is 6.83. The number of hydrazine groups is 2. The van der Waals surface area contributed by atoms with Gasteiger partial charge in [-0.05, 0) is 72.8 Å². The maximum atomic E-state index is 12.9. The number of rotatable bonds is 2. The van der Waals surface area contributed by atoms with Gasteiger partial charge in [-0.2, -0.15) is 0 Å². The summed E-state index contributed by atoms with van der Waals surface area (Å²) in [5.74, 6) is 5.42. The molecule has 2 aromatic heterocycles. The highest BCUT2D eigenvalue weighted by Gasteiger charge is 2.16. The van der Waals surface area contributed by atoms with E-state index in [9.17, 15) is 8.78 Å². The maximum Gasteiger partial charge on any atom is 0.123 e. The van der Waals surface area contributed by atoms with Crippen LogP contribution < -0.4 is 16.4 Å². The normalized spacial score (nSPS) is 11.9. The zero-order chi connectivity index (χ0) is 22.9. The Hall–Kier alpha value is -4.54. The van der Waals surface area contributed by atoms with Crippen LogP contribution in [0.4, 0.5) is 8.78 Å². The Morgan fingerprint density at radius 2 is 0.939 bits per heavy atom. The number of benzene rings is 2. The summed E-state index contributed by atoms with van der Waals surface area (Å²) in [5, 5.41) is 0. The van der Waals surface area contributed by atoms with Gasteiger partial charge in [-0.25, -0.2) is 8.78 Å². The lowest BCUT2D eigenvalue weighted by atomic mass is 10.1. The first-order valence-corrected chi connectivity index (χ1v) is 10.0. The second-order valence-corrected chi connectivity index (χ2v) is 6.86. The topological polar surface area (TPSA) is 61.9 Å². The van der Waals surface area contributed by atoms with Gasteiger partial charge in [0, 0.05) is 47.0 Å². The lowest BCUT2D eigenvalue weighted by molar-refractivity contribution is 0.624. The van der Waals surface area contributed by atoms with Crippen molar-refractivity contribution in [2.45, 2.75) is 0 Å². The number of nitrogens with one attached hydrogen (secondary N) is 3. The summed E-state index contributed by atoms with van der Waals surface area (Å²) >= 11 is 0. The van der Waals surface area contributed by atoms with E-state index in [0.29, 0.717) is 0 Å². The molecule has 1 aliphatic rings. The molecule has 0 aliphatic carbocycles. The highest BCUT2D eigenvalue weighted by Crippen LogP contribution is 2.23. The van der Waals surface area contributed by atoms with Crippen molar-refractivity contribution in [3.8, 4) is 11.8 Å². The molecule has 162 valence electrons. The highest BCUT2D eigenvalue weighted by molar-refractivity contribution is 5.89. The summed E-state index contributed by atoms with van der Waals surface area (Å²) in [5.41, 5.74) is 14.3. The van der Waals surface area contributed by atoms with Crippen molar-refractivity contribution < 1.29 is 8.78 Å². The van der Waals surface area contributed by atoms with Crippen LogP contribution in [0.1, 0.15) is 22.3 Å². The van der Waals surface area contributed by atoms with Gasteiger partial charge in [-0.1, -0.05) is 11.8 Å². The van der Waals surface area contributed by atoms with E-state index in [2.05, 4.69) is 38.2 Å². The van der Waals surface area contributed by atoms with Crippen LogP contribution in [0.3, 0.4) is 0 Å². The Balaban J connectivity index is 0.000000160. The van der Waals surface area contributed by atoms with Gasteiger partial charge in [0.05, 0.1) is 11.4 Å². The molecular formula is C26H19F2N5. The highest BCUT2D eigenvalue weighted by atomic mass is 19.1. The fourth-order valence-electron chi connectivity index (χ4n) is 2.96. The third-order valence-corrected chi connectivity index (χ3v) is 4.60. The fourth-order valence-corrected chi connectivity index (χ4v) is 2.96. The number of halogens is 2. The van der Waals surface area contributed by atoms with Crippen molar-refractivity contribution in [3.05, 3.63) is 131 Å². The van der Waals surface area contributed by atoms with Gasteiger partial charge in [0.2, 0.25) is 0 Å². The molecule has 2 aromatic carbocycles. The minimum Gasteiger partial charge on any atom is -0.301 e. The minimum absolute atomic E-state index is 0.246. The molecule has 1 aliphatic heterocycles. The molecule has 4 aromatic rings. The lowest BCUT2D eigenvalue weighted by Gasteiger charge is -2.05. The third kappa shape index (κ3) is 6.00. The summed E-state index contributed by atoms with van der Waals surface area (Å²) in [6.45, 7) is 0. The molecule has 0 radical (unpaired) electrons. The SMILES string of the molecule is Fc1ccc(C#Cc2ccncc2)cc1.Fc1ccc(C2=C(c3ccncc3)NNN2)cc1. The quantitative estimate of drug-likeness (QED) is 0.407. The molecule has 0 fully saturated rings. The predicted octanol–water partition coefficient (Wildman–Crippen LogP) is 4.28.